The van der Waals surface area contributed by atoms with E-state index in [9.17, 15) is 9.59 Å². The van der Waals surface area contributed by atoms with Crippen molar-refractivity contribution in [1.82, 2.24) is 0 Å². The summed E-state index contributed by atoms with van der Waals surface area (Å²) in [4.78, 5) is 24.2. The molecule has 0 radical (unpaired) electrons. The van der Waals surface area contributed by atoms with Gasteiger partial charge in [-0.1, -0.05) is 11.6 Å². The highest BCUT2D eigenvalue weighted by Crippen LogP contribution is 2.38. The first-order valence-corrected chi connectivity index (χ1v) is 9.49. The molecule has 30 heavy (non-hydrogen) atoms. The van der Waals surface area contributed by atoms with Crippen LogP contribution in [0.4, 0.5) is 11.4 Å². The van der Waals surface area contributed by atoms with Crippen molar-refractivity contribution in [1.29, 1.82) is 0 Å². The Labute approximate surface area is 177 Å². The number of ether oxygens (including phenoxy) is 2. The molecule has 1 aliphatic rings. The maximum atomic E-state index is 12.2. The van der Waals surface area contributed by atoms with E-state index in [4.69, 9.17) is 25.5 Å². The van der Waals surface area contributed by atoms with Gasteiger partial charge in [0.15, 0.2) is 17.3 Å². The third-order valence-corrected chi connectivity index (χ3v) is 4.48. The molecule has 152 valence electrons. The maximum absolute atomic E-state index is 12.2. The predicted molar refractivity (Wildman–Crippen MR) is 113 cm³/mol. The first kappa shape index (κ1) is 19.6. The highest BCUT2D eigenvalue weighted by molar-refractivity contribution is 6.32. The Kier molecular flexibility index (Phi) is 5.72. The van der Waals surface area contributed by atoms with Gasteiger partial charge >= 0.3 is 0 Å². The van der Waals surface area contributed by atoms with Crippen LogP contribution in [-0.2, 0) is 4.79 Å². The summed E-state index contributed by atoms with van der Waals surface area (Å²) in [6.07, 6.45) is 4.46. The molecule has 2 aromatic carbocycles. The molecule has 1 aliphatic heterocycles. The third kappa shape index (κ3) is 4.64. The van der Waals surface area contributed by atoms with E-state index in [-0.39, 0.29) is 17.6 Å². The standard InChI is InChI=1S/C22H17ClN2O5/c23-17-12-14(13-19-21(17)30-11-10-29-19)3-8-20(26)24-15-4-6-16(7-5-15)25-22(27)18-2-1-9-28-18/h1-9,12-13H,10-11H2,(H,24,26)(H,25,27)/b8-3+. The van der Waals surface area contributed by atoms with Gasteiger partial charge in [0.25, 0.3) is 5.91 Å². The molecule has 0 spiro atoms. The van der Waals surface area contributed by atoms with Crippen LogP contribution >= 0.6 is 11.6 Å². The molecule has 1 aromatic heterocycles. The molecule has 2 heterocycles. The summed E-state index contributed by atoms with van der Waals surface area (Å²) in [6, 6.07) is 13.4. The van der Waals surface area contributed by atoms with Crippen molar-refractivity contribution >= 4 is 40.9 Å². The van der Waals surface area contributed by atoms with Crippen molar-refractivity contribution in [3.8, 4) is 11.5 Å². The second kappa shape index (κ2) is 8.75. The molecule has 2 N–H and O–H groups in total. The van der Waals surface area contributed by atoms with Crippen LogP contribution in [0.25, 0.3) is 6.08 Å². The summed E-state index contributed by atoms with van der Waals surface area (Å²) in [7, 11) is 0. The van der Waals surface area contributed by atoms with Gasteiger partial charge in [0, 0.05) is 17.5 Å². The number of halogens is 1. The predicted octanol–water partition coefficient (Wildman–Crippen LogP) is 4.61. The first-order valence-electron chi connectivity index (χ1n) is 9.11. The highest BCUT2D eigenvalue weighted by atomic mass is 35.5. The Morgan fingerprint density at radius 2 is 1.70 bits per heavy atom. The van der Waals surface area contributed by atoms with E-state index in [1.165, 1.54) is 12.3 Å². The van der Waals surface area contributed by atoms with Crippen LogP contribution in [0, 0.1) is 0 Å². The Bertz CT molecular complexity index is 1090. The molecule has 0 saturated heterocycles. The topological polar surface area (TPSA) is 89.8 Å². The molecule has 7 nitrogen and oxygen atoms in total. The molecule has 0 atom stereocenters. The minimum atomic E-state index is -0.349. The van der Waals surface area contributed by atoms with Crippen LogP contribution in [0.15, 0.2) is 65.3 Å². The number of nitrogens with one attached hydrogen (secondary N) is 2. The van der Waals surface area contributed by atoms with Gasteiger partial charge in [0.05, 0.1) is 11.3 Å². The number of anilines is 2. The van der Waals surface area contributed by atoms with Gasteiger partial charge in [-0.2, -0.15) is 0 Å². The number of carbonyl (C=O) groups is 2. The van der Waals surface area contributed by atoms with E-state index >= 15 is 0 Å². The highest BCUT2D eigenvalue weighted by Gasteiger charge is 2.16. The number of fused-ring (bicyclic) bond motifs is 1. The number of hydrogen-bond donors (Lipinski definition) is 2. The van der Waals surface area contributed by atoms with Crippen molar-refractivity contribution in [3.05, 3.63) is 77.2 Å². The van der Waals surface area contributed by atoms with Crippen molar-refractivity contribution in [2.45, 2.75) is 0 Å². The van der Waals surface area contributed by atoms with Gasteiger partial charge in [-0.3, -0.25) is 9.59 Å². The van der Waals surface area contributed by atoms with Gasteiger partial charge in [-0.25, -0.2) is 0 Å². The molecular formula is C22H17ClN2O5. The second-order valence-electron chi connectivity index (χ2n) is 6.36. The number of amides is 2. The maximum Gasteiger partial charge on any atom is 0.291 e. The van der Waals surface area contributed by atoms with Gasteiger partial charge in [-0.15, -0.1) is 0 Å². The lowest BCUT2D eigenvalue weighted by atomic mass is 10.1. The van der Waals surface area contributed by atoms with Crippen LogP contribution in [0.5, 0.6) is 11.5 Å². The number of furan rings is 1. The zero-order valence-corrected chi connectivity index (χ0v) is 16.4. The Morgan fingerprint density at radius 1 is 0.967 bits per heavy atom. The largest absolute Gasteiger partial charge is 0.486 e. The summed E-state index contributed by atoms with van der Waals surface area (Å²) >= 11 is 6.20. The summed E-state index contributed by atoms with van der Waals surface area (Å²) in [5.74, 6) is 0.632. The zero-order valence-electron chi connectivity index (χ0n) is 15.7. The fraction of sp³-hybridized carbons (Fsp3) is 0.0909. The zero-order chi connectivity index (χ0) is 20.9. The van der Waals surface area contributed by atoms with E-state index in [1.54, 1.807) is 54.6 Å². The van der Waals surface area contributed by atoms with E-state index in [1.807, 2.05) is 0 Å². The van der Waals surface area contributed by atoms with Gasteiger partial charge in [-0.05, 0) is 60.2 Å². The Balaban J connectivity index is 1.36. The number of hydrogen-bond acceptors (Lipinski definition) is 5. The number of benzene rings is 2. The summed E-state index contributed by atoms with van der Waals surface area (Å²) < 4.78 is 16.1. The molecular weight excluding hydrogens is 408 g/mol. The van der Waals surface area contributed by atoms with Crippen LogP contribution < -0.4 is 20.1 Å². The summed E-state index contributed by atoms with van der Waals surface area (Å²) in [6.45, 7) is 0.907. The molecule has 0 bridgehead atoms. The summed E-state index contributed by atoms with van der Waals surface area (Å²) in [5, 5.41) is 5.89. The molecule has 2 amide bonds. The lowest BCUT2D eigenvalue weighted by molar-refractivity contribution is -0.111. The van der Waals surface area contributed by atoms with E-state index in [0.717, 1.165) is 5.56 Å². The smallest absolute Gasteiger partial charge is 0.291 e. The van der Waals surface area contributed by atoms with Crippen molar-refractivity contribution < 1.29 is 23.5 Å². The summed E-state index contributed by atoms with van der Waals surface area (Å²) in [5.41, 5.74) is 1.88. The minimum absolute atomic E-state index is 0.219. The molecule has 0 aliphatic carbocycles. The van der Waals surface area contributed by atoms with Gasteiger partial charge in [0.1, 0.15) is 13.2 Å². The number of rotatable bonds is 5. The SMILES string of the molecule is O=C(/C=C/c1cc(Cl)c2c(c1)OCCO2)Nc1ccc(NC(=O)c2ccco2)cc1. The molecule has 4 rings (SSSR count). The van der Waals surface area contributed by atoms with Gasteiger partial charge in [0.2, 0.25) is 5.91 Å². The van der Waals surface area contributed by atoms with Crippen molar-refractivity contribution in [3.63, 3.8) is 0 Å². The number of carbonyl (C=O) groups excluding carboxylic acids is 2. The van der Waals surface area contributed by atoms with Crippen molar-refractivity contribution in [2.24, 2.45) is 0 Å². The average Bonchev–Trinajstić information content (AvgIpc) is 3.29. The lowest BCUT2D eigenvalue weighted by Gasteiger charge is -2.19. The third-order valence-electron chi connectivity index (χ3n) is 4.20. The Morgan fingerprint density at radius 3 is 2.43 bits per heavy atom. The average molecular weight is 425 g/mol. The lowest BCUT2D eigenvalue weighted by Crippen LogP contribution is -2.15. The molecule has 0 saturated carbocycles. The van der Waals surface area contributed by atoms with Crippen molar-refractivity contribution in [2.75, 3.05) is 23.8 Å². The van der Waals surface area contributed by atoms with Crippen LogP contribution in [0.2, 0.25) is 5.02 Å². The van der Waals surface area contributed by atoms with E-state index < -0.39 is 0 Å². The quantitative estimate of drug-likeness (QED) is 0.584. The fourth-order valence-electron chi connectivity index (χ4n) is 2.82. The second-order valence-corrected chi connectivity index (χ2v) is 6.77. The van der Waals surface area contributed by atoms with E-state index in [2.05, 4.69) is 10.6 Å². The molecule has 3 aromatic rings. The van der Waals surface area contributed by atoms with Gasteiger partial charge < -0.3 is 24.5 Å². The first-order chi connectivity index (χ1) is 14.6. The van der Waals surface area contributed by atoms with Crippen LogP contribution in [0.1, 0.15) is 16.1 Å². The normalized spacial score (nSPS) is 12.6. The molecule has 8 heteroatoms. The molecule has 0 unspecified atom stereocenters. The minimum Gasteiger partial charge on any atom is -0.486 e. The van der Waals surface area contributed by atoms with Crippen LogP contribution in [-0.4, -0.2) is 25.0 Å². The van der Waals surface area contributed by atoms with Crippen LogP contribution in [0.3, 0.4) is 0 Å². The Hall–Kier alpha value is -3.71. The monoisotopic (exact) mass is 424 g/mol. The van der Waals surface area contributed by atoms with E-state index in [0.29, 0.717) is 41.1 Å². The molecule has 0 fully saturated rings. The fourth-order valence-corrected chi connectivity index (χ4v) is 3.09.